The van der Waals surface area contributed by atoms with E-state index >= 15 is 0 Å². The summed E-state index contributed by atoms with van der Waals surface area (Å²) < 4.78 is 54.4. The van der Waals surface area contributed by atoms with E-state index in [9.17, 15) is 17.2 Å². The molecule has 10 heteroatoms. The van der Waals surface area contributed by atoms with Crippen LogP contribution in [0.2, 0.25) is 0 Å². The topological polar surface area (TPSA) is 90.0 Å². The third-order valence-corrected chi connectivity index (χ3v) is 4.60. The van der Waals surface area contributed by atoms with E-state index in [-0.39, 0.29) is 15.2 Å². The van der Waals surface area contributed by atoms with Crippen LogP contribution < -0.4 is 10.5 Å². The van der Waals surface area contributed by atoms with Crippen molar-refractivity contribution in [3.63, 3.8) is 0 Å². The van der Waals surface area contributed by atoms with Crippen LogP contribution in [0.25, 0.3) is 0 Å². The molecule has 0 saturated heterocycles. The number of hydrogen-bond donors (Lipinski definition) is 2. The number of aromatic nitrogens is 2. The largest absolute Gasteiger partial charge is 0.381 e. The lowest BCUT2D eigenvalue weighted by Gasteiger charge is -2.10. The average Bonchev–Trinajstić information content (AvgIpc) is 2.76. The number of rotatable bonds is 4. The summed E-state index contributed by atoms with van der Waals surface area (Å²) in [6, 6.07) is 1.52. The molecule has 0 aliphatic rings. The summed E-state index contributed by atoms with van der Waals surface area (Å²) in [5.74, 6) is -2.09. The van der Waals surface area contributed by atoms with Crippen LogP contribution in [0.15, 0.2) is 27.7 Å². The second-order valence-corrected chi connectivity index (χ2v) is 6.59. The minimum atomic E-state index is -4.14. The second-order valence-electron chi connectivity index (χ2n) is 4.08. The molecule has 1 heterocycles. The number of nitrogens with one attached hydrogen (secondary N) is 1. The van der Waals surface area contributed by atoms with E-state index in [1.54, 1.807) is 6.92 Å². The van der Waals surface area contributed by atoms with Crippen molar-refractivity contribution in [2.45, 2.75) is 18.4 Å². The number of benzene rings is 1. The Balaban J connectivity index is 2.44. The quantitative estimate of drug-likeness (QED) is 0.851. The molecule has 0 aliphatic carbocycles. The molecule has 3 N–H and O–H groups in total. The van der Waals surface area contributed by atoms with Crippen molar-refractivity contribution < 1.29 is 17.2 Å². The Morgan fingerprint density at radius 1 is 1.43 bits per heavy atom. The van der Waals surface area contributed by atoms with Gasteiger partial charge in [0.2, 0.25) is 0 Å². The first-order valence-corrected chi connectivity index (χ1v) is 8.02. The summed E-state index contributed by atoms with van der Waals surface area (Å²) in [6.45, 7) is 2.18. The molecule has 6 nitrogen and oxygen atoms in total. The SMILES string of the molecule is CCn1cc(S(=O)(=O)Nc2c(F)cc(F)cc2Br)c(N)n1. The highest BCUT2D eigenvalue weighted by molar-refractivity contribution is 9.10. The van der Waals surface area contributed by atoms with Gasteiger partial charge >= 0.3 is 0 Å². The van der Waals surface area contributed by atoms with E-state index in [4.69, 9.17) is 5.73 Å². The zero-order valence-electron chi connectivity index (χ0n) is 10.8. The molecule has 114 valence electrons. The van der Waals surface area contributed by atoms with Crippen LogP contribution in [0.1, 0.15) is 6.92 Å². The number of nitrogens with zero attached hydrogens (tertiary/aromatic N) is 2. The van der Waals surface area contributed by atoms with Gasteiger partial charge in [-0.1, -0.05) is 0 Å². The van der Waals surface area contributed by atoms with Crippen LogP contribution in [0.5, 0.6) is 0 Å². The first-order chi connectivity index (χ1) is 9.74. The summed E-state index contributed by atoms with van der Waals surface area (Å²) in [5.41, 5.74) is 5.14. The molecule has 21 heavy (non-hydrogen) atoms. The number of nitrogen functional groups attached to an aromatic ring is 1. The summed E-state index contributed by atoms with van der Waals surface area (Å²) in [7, 11) is -4.14. The third-order valence-electron chi connectivity index (χ3n) is 2.61. The summed E-state index contributed by atoms with van der Waals surface area (Å²) in [6.07, 6.45) is 1.23. The van der Waals surface area contributed by atoms with Crippen molar-refractivity contribution >= 4 is 37.5 Å². The van der Waals surface area contributed by atoms with Gasteiger partial charge in [-0.3, -0.25) is 9.40 Å². The third kappa shape index (κ3) is 3.16. The molecule has 0 amide bonds. The molecular weight excluding hydrogens is 370 g/mol. The molecule has 0 spiro atoms. The molecule has 0 radical (unpaired) electrons. The van der Waals surface area contributed by atoms with E-state index < -0.39 is 27.3 Å². The molecule has 2 rings (SSSR count). The van der Waals surface area contributed by atoms with Crippen molar-refractivity contribution in [1.29, 1.82) is 0 Å². The van der Waals surface area contributed by atoms with E-state index in [1.165, 1.54) is 10.9 Å². The Hall–Kier alpha value is -1.68. The molecule has 0 bridgehead atoms. The highest BCUT2D eigenvalue weighted by Gasteiger charge is 2.24. The predicted octanol–water partition coefficient (Wildman–Crippen LogP) is 2.33. The van der Waals surface area contributed by atoms with Gasteiger partial charge < -0.3 is 5.73 Å². The molecule has 0 aliphatic heterocycles. The number of hydrogen-bond acceptors (Lipinski definition) is 4. The molecule has 2 aromatic rings. The lowest BCUT2D eigenvalue weighted by atomic mass is 10.3. The first-order valence-electron chi connectivity index (χ1n) is 5.75. The Morgan fingerprint density at radius 3 is 2.62 bits per heavy atom. The summed E-state index contributed by atoms with van der Waals surface area (Å²) in [5, 5.41) is 3.81. The Labute approximate surface area is 128 Å². The lowest BCUT2D eigenvalue weighted by molar-refractivity contribution is 0.581. The van der Waals surface area contributed by atoms with Gasteiger partial charge in [-0.2, -0.15) is 5.10 Å². The maximum absolute atomic E-state index is 13.7. The average molecular weight is 381 g/mol. The van der Waals surface area contributed by atoms with Gasteiger partial charge in [0.25, 0.3) is 10.0 Å². The minimum Gasteiger partial charge on any atom is -0.381 e. The Kier molecular flexibility index (Phi) is 4.19. The number of anilines is 2. The van der Waals surface area contributed by atoms with Crippen LogP contribution in [-0.4, -0.2) is 18.2 Å². The highest BCUT2D eigenvalue weighted by Crippen LogP contribution is 2.30. The fraction of sp³-hybridized carbons (Fsp3) is 0.182. The summed E-state index contributed by atoms with van der Waals surface area (Å²) >= 11 is 2.90. The van der Waals surface area contributed by atoms with Crippen LogP contribution >= 0.6 is 15.9 Å². The van der Waals surface area contributed by atoms with Gasteiger partial charge in [0, 0.05) is 23.3 Å². The van der Waals surface area contributed by atoms with Gasteiger partial charge in [-0.05, 0) is 28.9 Å². The maximum Gasteiger partial charge on any atom is 0.267 e. The van der Waals surface area contributed by atoms with Crippen molar-refractivity contribution in [2.75, 3.05) is 10.5 Å². The zero-order chi connectivity index (χ0) is 15.8. The predicted molar refractivity (Wildman–Crippen MR) is 77.2 cm³/mol. The maximum atomic E-state index is 13.7. The van der Waals surface area contributed by atoms with Crippen molar-refractivity contribution in [2.24, 2.45) is 0 Å². The zero-order valence-corrected chi connectivity index (χ0v) is 13.2. The number of halogens is 3. The van der Waals surface area contributed by atoms with Gasteiger partial charge in [0.1, 0.15) is 10.7 Å². The smallest absolute Gasteiger partial charge is 0.267 e. The lowest BCUT2D eigenvalue weighted by Crippen LogP contribution is -2.15. The normalized spacial score (nSPS) is 11.6. The van der Waals surface area contributed by atoms with Gasteiger partial charge in [0.05, 0.1) is 5.69 Å². The Bertz CT molecular complexity index is 769. The van der Waals surface area contributed by atoms with Gasteiger partial charge in [-0.15, -0.1) is 0 Å². The van der Waals surface area contributed by atoms with Crippen molar-refractivity contribution in [3.8, 4) is 0 Å². The van der Waals surface area contributed by atoms with Crippen molar-refractivity contribution in [3.05, 3.63) is 34.4 Å². The minimum absolute atomic E-state index is 0.0648. The fourth-order valence-corrected chi connectivity index (χ4v) is 3.42. The van der Waals surface area contributed by atoms with Gasteiger partial charge in [-0.25, -0.2) is 17.2 Å². The standard InChI is InChI=1S/C11H11BrF2N4O2S/c1-2-18-5-9(11(15)16-18)21(19,20)17-10-7(12)3-6(13)4-8(10)14/h3-5,17H,2H2,1H3,(H2,15,16). The molecular formula is C11H11BrF2N4O2S. The molecule has 1 aromatic heterocycles. The highest BCUT2D eigenvalue weighted by atomic mass is 79.9. The molecule has 0 atom stereocenters. The van der Waals surface area contributed by atoms with Crippen LogP contribution in [-0.2, 0) is 16.6 Å². The number of sulfonamides is 1. The van der Waals surface area contributed by atoms with Crippen LogP contribution in [0.3, 0.4) is 0 Å². The van der Waals surface area contributed by atoms with E-state index in [2.05, 4.69) is 21.0 Å². The molecule has 0 fully saturated rings. The second kappa shape index (κ2) is 5.60. The van der Waals surface area contributed by atoms with E-state index in [0.29, 0.717) is 12.6 Å². The molecule has 0 saturated carbocycles. The van der Waals surface area contributed by atoms with Gasteiger partial charge in [0.15, 0.2) is 11.6 Å². The van der Waals surface area contributed by atoms with Crippen molar-refractivity contribution in [1.82, 2.24) is 9.78 Å². The van der Waals surface area contributed by atoms with Crippen LogP contribution in [0, 0.1) is 11.6 Å². The fourth-order valence-electron chi connectivity index (χ4n) is 1.62. The number of aryl methyl sites for hydroxylation is 1. The van der Waals surface area contributed by atoms with E-state index in [0.717, 1.165) is 6.07 Å². The first kappa shape index (κ1) is 15.7. The molecule has 0 unspecified atom stereocenters. The monoisotopic (exact) mass is 380 g/mol. The number of nitrogens with two attached hydrogens (primary N) is 1. The van der Waals surface area contributed by atoms with E-state index in [1.807, 2.05) is 4.72 Å². The summed E-state index contributed by atoms with van der Waals surface area (Å²) in [4.78, 5) is -0.278. The molecule has 1 aromatic carbocycles. The Morgan fingerprint density at radius 2 is 2.10 bits per heavy atom. The van der Waals surface area contributed by atoms with Crippen LogP contribution in [0.4, 0.5) is 20.3 Å².